The minimum Gasteiger partial charge on any atom is -0.444 e. The molecule has 150 valence electrons. The highest BCUT2D eigenvalue weighted by Crippen LogP contribution is 2.28. The van der Waals surface area contributed by atoms with E-state index in [-0.39, 0.29) is 23.3 Å². The number of anilines is 1. The van der Waals surface area contributed by atoms with E-state index in [1.54, 1.807) is 48.1 Å². The summed E-state index contributed by atoms with van der Waals surface area (Å²) in [7, 11) is 0. The molecule has 7 nitrogen and oxygen atoms in total. The summed E-state index contributed by atoms with van der Waals surface area (Å²) in [5.74, 6) is 0.159. The molecule has 0 saturated heterocycles. The van der Waals surface area contributed by atoms with Crippen LogP contribution >= 0.6 is 0 Å². The van der Waals surface area contributed by atoms with Gasteiger partial charge in [-0.1, -0.05) is 12.1 Å². The van der Waals surface area contributed by atoms with Crippen molar-refractivity contribution in [1.29, 1.82) is 0 Å². The number of aryl methyl sites for hydroxylation is 1. The molecule has 7 heteroatoms. The van der Waals surface area contributed by atoms with Crippen molar-refractivity contribution >= 4 is 11.6 Å². The zero-order chi connectivity index (χ0) is 20.4. The highest BCUT2D eigenvalue weighted by atomic mass is 16.3. The fraction of sp³-hybridized carbons (Fsp3) is 0.318. The van der Waals surface area contributed by atoms with E-state index in [9.17, 15) is 14.7 Å². The molecule has 0 bridgehead atoms. The van der Waals surface area contributed by atoms with E-state index in [1.165, 1.54) is 6.39 Å². The number of benzene rings is 1. The largest absolute Gasteiger partial charge is 0.444 e. The maximum Gasteiger partial charge on any atom is 0.263 e. The van der Waals surface area contributed by atoms with Gasteiger partial charge < -0.3 is 19.4 Å². The van der Waals surface area contributed by atoms with Crippen LogP contribution < -0.4 is 10.9 Å². The lowest BCUT2D eigenvalue weighted by molar-refractivity contribution is 0.101. The Labute approximate surface area is 168 Å². The highest BCUT2D eigenvalue weighted by molar-refractivity contribution is 6.05. The molecule has 29 heavy (non-hydrogen) atoms. The minimum absolute atomic E-state index is 0.00725. The van der Waals surface area contributed by atoms with Crippen LogP contribution in [0.3, 0.4) is 0 Å². The van der Waals surface area contributed by atoms with Crippen LogP contribution in [0.4, 0.5) is 5.69 Å². The molecule has 1 saturated carbocycles. The Morgan fingerprint density at radius 1 is 1.24 bits per heavy atom. The van der Waals surface area contributed by atoms with E-state index in [0.29, 0.717) is 29.9 Å². The number of rotatable bonds is 4. The van der Waals surface area contributed by atoms with Gasteiger partial charge in [0.25, 0.3) is 11.5 Å². The quantitative estimate of drug-likeness (QED) is 0.707. The molecule has 2 N–H and O–H groups in total. The van der Waals surface area contributed by atoms with Crippen LogP contribution in [0.5, 0.6) is 0 Å². The Hall–Kier alpha value is -3.19. The van der Waals surface area contributed by atoms with Gasteiger partial charge in [-0.25, -0.2) is 4.98 Å². The smallest absolute Gasteiger partial charge is 0.263 e. The highest BCUT2D eigenvalue weighted by Gasteiger charge is 2.24. The van der Waals surface area contributed by atoms with Gasteiger partial charge in [0, 0.05) is 23.5 Å². The molecule has 1 amide bonds. The van der Waals surface area contributed by atoms with Gasteiger partial charge in [-0.15, -0.1) is 0 Å². The summed E-state index contributed by atoms with van der Waals surface area (Å²) < 4.78 is 6.94. The Bertz CT molecular complexity index is 1060. The number of nitrogens with zero attached hydrogens (tertiary/aromatic N) is 2. The Morgan fingerprint density at radius 3 is 2.76 bits per heavy atom. The van der Waals surface area contributed by atoms with E-state index >= 15 is 0 Å². The van der Waals surface area contributed by atoms with E-state index in [2.05, 4.69) is 10.3 Å². The second-order valence-corrected chi connectivity index (χ2v) is 7.45. The van der Waals surface area contributed by atoms with Crippen molar-refractivity contribution in [3.8, 4) is 11.3 Å². The number of pyridine rings is 1. The summed E-state index contributed by atoms with van der Waals surface area (Å²) in [6, 6.07) is 9.00. The van der Waals surface area contributed by atoms with Crippen LogP contribution in [0.25, 0.3) is 11.3 Å². The molecule has 1 aromatic carbocycles. The SMILES string of the molecule is Cc1ccn(C2CCC(O)CC2)c(=O)c1C(=O)Nc1cccc(-c2cnco2)c1. The van der Waals surface area contributed by atoms with Crippen LogP contribution in [-0.2, 0) is 0 Å². The van der Waals surface area contributed by atoms with Gasteiger partial charge in [-0.3, -0.25) is 9.59 Å². The Balaban J connectivity index is 1.60. The summed E-state index contributed by atoms with van der Waals surface area (Å²) in [5, 5.41) is 12.5. The summed E-state index contributed by atoms with van der Waals surface area (Å²) in [5.41, 5.74) is 1.83. The predicted octanol–water partition coefficient (Wildman–Crippen LogP) is 3.54. The number of carbonyl (C=O) groups is 1. The van der Waals surface area contributed by atoms with Crippen molar-refractivity contribution in [1.82, 2.24) is 9.55 Å². The van der Waals surface area contributed by atoms with Crippen molar-refractivity contribution in [2.45, 2.75) is 44.8 Å². The van der Waals surface area contributed by atoms with Gasteiger partial charge in [0.2, 0.25) is 0 Å². The standard InChI is InChI=1S/C22H23N3O4/c1-14-9-10-25(17-5-7-18(26)8-6-17)22(28)20(14)21(27)24-16-4-2-3-15(11-16)19-12-23-13-29-19/h2-4,9-13,17-18,26H,5-8H2,1H3,(H,24,27). The molecule has 0 unspecified atom stereocenters. The molecule has 0 spiro atoms. The number of carbonyl (C=O) groups excluding carboxylic acids is 1. The molecule has 1 fully saturated rings. The summed E-state index contributed by atoms with van der Waals surface area (Å²) in [6.07, 6.45) is 7.19. The summed E-state index contributed by atoms with van der Waals surface area (Å²) in [6.45, 7) is 1.76. The van der Waals surface area contributed by atoms with Gasteiger partial charge in [0.15, 0.2) is 12.2 Å². The van der Waals surface area contributed by atoms with Crippen molar-refractivity contribution in [2.75, 3.05) is 5.32 Å². The third-order valence-corrected chi connectivity index (χ3v) is 5.45. The molecule has 2 aromatic heterocycles. The van der Waals surface area contributed by atoms with E-state index in [4.69, 9.17) is 4.42 Å². The van der Waals surface area contributed by atoms with Crippen LogP contribution in [0.15, 0.2) is 58.3 Å². The van der Waals surface area contributed by atoms with E-state index in [1.807, 2.05) is 6.07 Å². The average Bonchev–Trinajstić information content (AvgIpc) is 3.24. The first-order chi connectivity index (χ1) is 14.0. The number of aliphatic hydroxyl groups is 1. The fourth-order valence-corrected chi connectivity index (χ4v) is 3.84. The number of hydrogen-bond donors (Lipinski definition) is 2. The topological polar surface area (TPSA) is 97.4 Å². The zero-order valence-electron chi connectivity index (χ0n) is 16.2. The van der Waals surface area contributed by atoms with Gasteiger partial charge in [-0.05, 0) is 56.4 Å². The summed E-state index contributed by atoms with van der Waals surface area (Å²) >= 11 is 0. The molecule has 1 aliphatic rings. The fourth-order valence-electron chi connectivity index (χ4n) is 3.84. The first-order valence-electron chi connectivity index (χ1n) is 9.73. The van der Waals surface area contributed by atoms with Crippen molar-refractivity contribution < 1.29 is 14.3 Å². The zero-order valence-corrected chi connectivity index (χ0v) is 16.2. The molecule has 0 radical (unpaired) electrons. The molecule has 1 aliphatic carbocycles. The van der Waals surface area contributed by atoms with E-state index < -0.39 is 5.91 Å². The van der Waals surface area contributed by atoms with Gasteiger partial charge in [0.05, 0.1) is 12.3 Å². The second kappa shape index (κ2) is 8.05. The third kappa shape index (κ3) is 4.00. The molecule has 2 heterocycles. The van der Waals surface area contributed by atoms with Gasteiger partial charge in [0.1, 0.15) is 5.56 Å². The number of amides is 1. The predicted molar refractivity (Wildman–Crippen MR) is 109 cm³/mol. The lowest BCUT2D eigenvalue weighted by atomic mass is 9.92. The lowest BCUT2D eigenvalue weighted by Gasteiger charge is -2.27. The summed E-state index contributed by atoms with van der Waals surface area (Å²) in [4.78, 5) is 29.9. The van der Waals surface area contributed by atoms with Crippen LogP contribution in [0.2, 0.25) is 0 Å². The number of aromatic nitrogens is 2. The maximum atomic E-state index is 13.1. The molecular formula is C22H23N3O4. The number of nitrogens with one attached hydrogen (secondary N) is 1. The second-order valence-electron chi connectivity index (χ2n) is 7.45. The van der Waals surface area contributed by atoms with Crippen molar-refractivity contribution in [2.24, 2.45) is 0 Å². The number of oxazole rings is 1. The third-order valence-electron chi connectivity index (χ3n) is 5.45. The Kier molecular flexibility index (Phi) is 5.31. The first-order valence-corrected chi connectivity index (χ1v) is 9.73. The normalized spacial score (nSPS) is 19.1. The molecule has 3 aromatic rings. The monoisotopic (exact) mass is 393 g/mol. The van der Waals surface area contributed by atoms with Crippen LogP contribution in [-0.4, -0.2) is 26.7 Å². The maximum absolute atomic E-state index is 13.1. The lowest BCUT2D eigenvalue weighted by Crippen LogP contribution is -2.34. The van der Waals surface area contributed by atoms with Crippen molar-refractivity contribution in [3.63, 3.8) is 0 Å². The van der Waals surface area contributed by atoms with Crippen LogP contribution in [0, 0.1) is 6.92 Å². The molecular weight excluding hydrogens is 370 g/mol. The minimum atomic E-state index is -0.438. The number of aliphatic hydroxyl groups excluding tert-OH is 1. The van der Waals surface area contributed by atoms with E-state index in [0.717, 1.165) is 18.4 Å². The molecule has 0 aliphatic heterocycles. The first kappa shape index (κ1) is 19.1. The van der Waals surface area contributed by atoms with Gasteiger partial charge >= 0.3 is 0 Å². The number of hydrogen-bond acceptors (Lipinski definition) is 5. The van der Waals surface area contributed by atoms with Crippen LogP contribution in [0.1, 0.15) is 47.6 Å². The average molecular weight is 393 g/mol. The molecule has 4 rings (SSSR count). The Morgan fingerprint density at radius 2 is 2.03 bits per heavy atom. The van der Waals surface area contributed by atoms with Crippen molar-refractivity contribution in [3.05, 3.63) is 70.6 Å². The van der Waals surface area contributed by atoms with Gasteiger partial charge in [-0.2, -0.15) is 0 Å². The molecule has 0 atom stereocenters.